The summed E-state index contributed by atoms with van der Waals surface area (Å²) in [5.41, 5.74) is 1.11. The van der Waals surface area contributed by atoms with Crippen LogP contribution < -0.4 is 5.32 Å². The first-order chi connectivity index (χ1) is 7.13. The lowest BCUT2D eigenvalue weighted by Gasteiger charge is -2.06. The number of rotatable bonds is 4. The van der Waals surface area contributed by atoms with E-state index in [-0.39, 0.29) is 17.4 Å². The van der Waals surface area contributed by atoms with E-state index in [9.17, 15) is 9.18 Å². The van der Waals surface area contributed by atoms with Crippen LogP contribution in [-0.2, 0) is 4.79 Å². The Kier molecular flexibility index (Phi) is 4.28. The minimum atomic E-state index is -0.375. The molecule has 0 unspecified atom stereocenters. The molecule has 0 saturated heterocycles. The van der Waals surface area contributed by atoms with Gasteiger partial charge in [0.05, 0.1) is 5.69 Å². The summed E-state index contributed by atoms with van der Waals surface area (Å²) in [5.74, 6) is -0.501. The van der Waals surface area contributed by atoms with E-state index in [2.05, 4.69) is 5.32 Å². The second-order valence-corrected chi connectivity index (χ2v) is 3.64. The number of aryl methyl sites for hydroxylation is 1. The Morgan fingerprint density at radius 1 is 1.47 bits per heavy atom. The van der Waals surface area contributed by atoms with E-state index in [0.29, 0.717) is 6.42 Å². The van der Waals surface area contributed by atoms with Gasteiger partial charge in [0, 0.05) is 6.42 Å². The van der Waals surface area contributed by atoms with Crippen molar-refractivity contribution in [2.45, 2.75) is 33.1 Å². The molecule has 0 heterocycles. The highest BCUT2D eigenvalue weighted by Crippen LogP contribution is 2.15. The van der Waals surface area contributed by atoms with Crippen molar-refractivity contribution in [3.8, 4) is 0 Å². The van der Waals surface area contributed by atoms with E-state index < -0.39 is 0 Å². The molecule has 2 nitrogen and oxygen atoms in total. The average Bonchev–Trinajstić information content (AvgIpc) is 2.19. The average molecular weight is 209 g/mol. The minimum absolute atomic E-state index is 0.125. The number of amides is 1. The molecule has 0 aromatic heterocycles. The number of unbranched alkanes of at least 4 members (excludes halogenated alkanes) is 1. The van der Waals surface area contributed by atoms with E-state index in [4.69, 9.17) is 0 Å². The predicted molar refractivity (Wildman–Crippen MR) is 59.3 cm³/mol. The zero-order valence-electron chi connectivity index (χ0n) is 9.14. The van der Waals surface area contributed by atoms with Crippen LogP contribution in [0, 0.1) is 12.7 Å². The molecule has 1 aromatic carbocycles. The van der Waals surface area contributed by atoms with E-state index >= 15 is 0 Å². The largest absolute Gasteiger partial charge is 0.324 e. The van der Waals surface area contributed by atoms with E-state index in [1.807, 2.05) is 13.8 Å². The van der Waals surface area contributed by atoms with Crippen molar-refractivity contribution in [3.05, 3.63) is 29.6 Å². The molecule has 0 spiro atoms. The zero-order chi connectivity index (χ0) is 11.3. The van der Waals surface area contributed by atoms with E-state index in [0.717, 1.165) is 18.4 Å². The first kappa shape index (κ1) is 11.7. The summed E-state index contributed by atoms with van der Waals surface area (Å²) < 4.78 is 13.3. The third-order valence-corrected chi connectivity index (χ3v) is 2.16. The Balaban J connectivity index is 2.60. The zero-order valence-corrected chi connectivity index (χ0v) is 9.14. The molecule has 0 aliphatic carbocycles. The molecule has 0 aliphatic rings. The van der Waals surface area contributed by atoms with E-state index in [1.54, 1.807) is 12.1 Å². The molecule has 0 bridgehead atoms. The molecule has 1 N–H and O–H groups in total. The Bertz CT molecular complexity index is 349. The van der Waals surface area contributed by atoms with Crippen LogP contribution in [0.3, 0.4) is 0 Å². The summed E-state index contributed by atoms with van der Waals surface area (Å²) in [7, 11) is 0. The van der Waals surface area contributed by atoms with Crippen molar-refractivity contribution < 1.29 is 9.18 Å². The molecular weight excluding hydrogens is 193 g/mol. The van der Waals surface area contributed by atoms with Crippen molar-refractivity contribution in [1.82, 2.24) is 0 Å². The van der Waals surface area contributed by atoms with Gasteiger partial charge in [0.25, 0.3) is 0 Å². The topological polar surface area (TPSA) is 29.1 Å². The van der Waals surface area contributed by atoms with Crippen LogP contribution in [0.4, 0.5) is 10.1 Å². The van der Waals surface area contributed by atoms with Crippen LogP contribution in [0.2, 0.25) is 0 Å². The van der Waals surface area contributed by atoms with Crippen molar-refractivity contribution in [3.63, 3.8) is 0 Å². The standard InChI is InChI=1S/C12H16FNO/c1-3-4-5-12(15)14-11-7-6-9(2)8-10(11)13/h6-8H,3-5H2,1-2H3,(H,14,15). The normalized spacial score (nSPS) is 10.1. The quantitative estimate of drug-likeness (QED) is 0.810. The fourth-order valence-electron chi connectivity index (χ4n) is 1.27. The number of carbonyl (C=O) groups is 1. The lowest BCUT2D eigenvalue weighted by Crippen LogP contribution is -2.12. The van der Waals surface area contributed by atoms with Crippen LogP contribution in [0.1, 0.15) is 31.7 Å². The van der Waals surface area contributed by atoms with Gasteiger partial charge >= 0.3 is 0 Å². The minimum Gasteiger partial charge on any atom is -0.324 e. The fourth-order valence-corrected chi connectivity index (χ4v) is 1.27. The number of halogens is 1. The summed E-state index contributed by atoms with van der Waals surface area (Å²) in [4.78, 5) is 11.3. The van der Waals surface area contributed by atoms with Crippen LogP contribution in [0.15, 0.2) is 18.2 Å². The lowest BCUT2D eigenvalue weighted by atomic mass is 10.2. The summed E-state index contributed by atoms with van der Waals surface area (Å²) in [6.07, 6.45) is 2.24. The van der Waals surface area contributed by atoms with Gasteiger partial charge in [0.1, 0.15) is 5.82 Å². The second kappa shape index (κ2) is 5.49. The maximum absolute atomic E-state index is 13.3. The smallest absolute Gasteiger partial charge is 0.224 e. The molecule has 1 aromatic rings. The van der Waals surface area contributed by atoms with Crippen molar-refractivity contribution in [2.75, 3.05) is 5.32 Å². The monoisotopic (exact) mass is 209 g/mol. The number of benzene rings is 1. The molecule has 3 heteroatoms. The second-order valence-electron chi connectivity index (χ2n) is 3.64. The lowest BCUT2D eigenvalue weighted by molar-refractivity contribution is -0.116. The van der Waals surface area contributed by atoms with Gasteiger partial charge in [-0.25, -0.2) is 4.39 Å². The maximum Gasteiger partial charge on any atom is 0.224 e. The summed E-state index contributed by atoms with van der Waals surface area (Å²) >= 11 is 0. The van der Waals surface area contributed by atoms with Crippen LogP contribution in [0.5, 0.6) is 0 Å². The van der Waals surface area contributed by atoms with Crippen LogP contribution >= 0.6 is 0 Å². The summed E-state index contributed by atoms with van der Waals surface area (Å²) in [6.45, 7) is 3.82. The Labute approximate surface area is 89.5 Å². The first-order valence-electron chi connectivity index (χ1n) is 5.19. The Hall–Kier alpha value is -1.38. The van der Waals surface area contributed by atoms with Gasteiger partial charge in [0.2, 0.25) is 5.91 Å². The molecule has 0 radical (unpaired) electrons. The number of hydrogen-bond acceptors (Lipinski definition) is 1. The number of hydrogen-bond donors (Lipinski definition) is 1. The van der Waals surface area contributed by atoms with Gasteiger partial charge in [-0.2, -0.15) is 0 Å². The van der Waals surface area contributed by atoms with Gasteiger partial charge < -0.3 is 5.32 Å². The van der Waals surface area contributed by atoms with Gasteiger partial charge in [0.15, 0.2) is 0 Å². The fraction of sp³-hybridized carbons (Fsp3) is 0.417. The highest BCUT2D eigenvalue weighted by Gasteiger charge is 2.05. The van der Waals surface area contributed by atoms with E-state index in [1.165, 1.54) is 6.07 Å². The molecular formula is C12H16FNO. The molecule has 0 atom stereocenters. The summed E-state index contributed by atoms with van der Waals surface area (Å²) in [6, 6.07) is 4.78. The Morgan fingerprint density at radius 2 is 2.20 bits per heavy atom. The number of anilines is 1. The molecule has 1 amide bonds. The van der Waals surface area contributed by atoms with Crippen LogP contribution in [-0.4, -0.2) is 5.91 Å². The predicted octanol–water partition coefficient (Wildman–Crippen LogP) is 3.26. The third kappa shape index (κ3) is 3.70. The van der Waals surface area contributed by atoms with Gasteiger partial charge in [-0.15, -0.1) is 0 Å². The SMILES string of the molecule is CCCCC(=O)Nc1ccc(C)cc1F. The maximum atomic E-state index is 13.3. The van der Waals surface area contributed by atoms with Crippen LogP contribution in [0.25, 0.3) is 0 Å². The molecule has 0 fully saturated rings. The molecule has 0 aliphatic heterocycles. The van der Waals surface area contributed by atoms with Crippen molar-refractivity contribution >= 4 is 11.6 Å². The molecule has 15 heavy (non-hydrogen) atoms. The highest BCUT2D eigenvalue weighted by molar-refractivity contribution is 5.90. The third-order valence-electron chi connectivity index (χ3n) is 2.16. The van der Waals surface area contributed by atoms with Crippen molar-refractivity contribution in [1.29, 1.82) is 0 Å². The van der Waals surface area contributed by atoms with Gasteiger partial charge in [-0.1, -0.05) is 19.4 Å². The van der Waals surface area contributed by atoms with Gasteiger partial charge in [-0.05, 0) is 31.0 Å². The van der Waals surface area contributed by atoms with Gasteiger partial charge in [-0.3, -0.25) is 4.79 Å². The van der Waals surface area contributed by atoms with Crippen molar-refractivity contribution in [2.24, 2.45) is 0 Å². The molecule has 0 saturated carbocycles. The molecule has 82 valence electrons. The Morgan fingerprint density at radius 3 is 2.80 bits per heavy atom. The molecule has 1 rings (SSSR count). The highest BCUT2D eigenvalue weighted by atomic mass is 19.1. The number of carbonyl (C=O) groups excluding carboxylic acids is 1. The summed E-state index contributed by atoms with van der Waals surface area (Å²) in [5, 5.41) is 2.56. The first-order valence-corrected chi connectivity index (χ1v) is 5.19. The number of nitrogens with one attached hydrogen (secondary N) is 1.